The molecule has 5 nitrogen and oxygen atoms in total. The van der Waals surface area contributed by atoms with Gasteiger partial charge in [-0.2, -0.15) is 0 Å². The molecule has 1 atom stereocenters. The smallest absolute Gasteiger partial charge is 0.311 e. The van der Waals surface area contributed by atoms with E-state index in [0.717, 1.165) is 5.56 Å². The van der Waals surface area contributed by atoms with Gasteiger partial charge in [0.15, 0.2) is 0 Å². The van der Waals surface area contributed by atoms with Crippen molar-refractivity contribution < 1.29 is 19.4 Å². The van der Waals surface area contributed by atoms with Crippen molar-refractivity contribution in [1.82, 2.24) is 4.90 Å². The van der Waals surface area contributed by atoms with E-state index in [1.54, 1.807) is 18.9 Å². The molecule has 1 aliphatic heterocycles. The van der Waals surface area contributed by atoms with Crippen molar-refractivity contribution in [1.29, 1.82) is 0 Å². The summed E-state index contributed by atoms with van der Waals surface area (Å²) in [6.07, 6.45) is 0.499. The van der Waals surface area contributed by atoms with Gasteiger partial charge in [0.05, 0.1) is 16.9 Å². The second-order valence-electron chi connectivity index (χ2n) is 5.05. The Labute approximate surface area is 115 Å². The second kappa shape index (κ2) is 5.30. The molecule has 1 fully saturated rings. The van der Waals surface area contributed by atoms with Crippen LogP contribution in [-0.2, 0) is 16.1 Å². The molecule has 1 saturated heterocycles. The number of ether oxygens (including phenoxy) is 1. The molecular formula is C13H17NO4S. The Morgan fingerprint density at radius 3 is 2.89 bits per heavy atom. The Hall–Kier alpha value is -1.40. The van der Waals surface area contributed by atoms with Gasteiger partial charge in [-0.1, -0.05) is 0 Å². The van der Waals surface area contributed by atoms with Crippen LogP contribution in [0.3, 0.4) is 0 Å². The molecule has 19 heavy (non-hydrogen) atoms. The molecule has 6 heteroatoms. The summed E-state index contributed by atoms with van der Waals surface area (Å²) in [5.41, 5.74) is 0.0374. The first-order valence-electron chi connectivity index (χ1n) is 6.06. The summed E-state index contributed by atoms with van der Waals surface area (Å²) in [6.45, 7) is 2.85. The van der Waals surface area contributed by atoms with E-state index in [1.165, 1.54) is 11.3 Å². The van der Waals surface area contributed by atoms with Gasteiger partial charge in [0.25, 0.3) is 5.91 Å². The van der Waals surface area contributed by atoms with Crippen LogP contribution in [0.2, 0.25) is 0 Å². The summed E-state index contributed by atoms with van der Waals surface area (Å²) in [6, 6.07) is 1.87. The van der Waals surface area contributed by atoms with Crippen LogP contribution in [0.4, 0.5) is 0 Å². The first-order valence-corrected chi connectivity index (χ1v) is 6.94. The van der Waals surface area contributed by atoms with Crippen LogP contribution < -0.4 is 0 Å². The standard InChI is InChI=1S/C13H17NO4S/c1-13(12(16)17)4-5-14(8-13)11(15)10-9(7-18-2)3-6-19-10/h3,6H,4-5,7-8H2,1-2H3,(H,16,17). The van der Waals surface area contributed by atoms with Gasteiger partial charge in [0.2, 0.25) is 0 Å². The number of thiophene rings is 1. The maximum atomic E-state index is 12.4. The third kappa shape index (κ3) is 2.64. The van der Waals surface area contributed by atoms with Gasteiger partial charge >= 0.3 is 5.97 Å². The topological polar surface area (TPSA) is 66.8 Å². The summed E-state index contributed by atoms with van der Waals surface area (Å²) >= 11 is 1.37. The number of nitrogens with zero attached hydrogens (tertiary/aromatic N) is 1. The zero-order valence-corrected chi connectivity index (χ0v) is 11.8. The molecule has 2 rings (SSSR count). The maximum Gasteiger partial charge on any atom is 0.311 e. The molecule has 104 valence electrons. The number of amides is 1. The average molecular weight is 283 g/mol. The minimum absolute atomic E-state index is 0.0907. The number of rotatable bonds is 4. The number of methoxy groups -OCH3 is 1. The van der Waals surface area contributed by atoms with E-state index in [0.29, 0.717) is 24.4 Å². The fraction of sp³-hybridized carbons (Fsp3) is 0.538. The van der Waals surface area contributed by atoms with Crippen molar-refractivity contribution in [2.45, 2.75) is 20.0 Å². The second-order valence-corrected chi connectivity index (χ2v) is 5.97. The molecule has 0 spiro atoms. The van der Waals surface area contributed by atoms with E-state index in [4.69, 9.17) is 4.74 Å². The molecule has 1 amide bonds. The predicted octanol–water partition coefficient (Wildman–Crippen LogP) is 1.83. The van der Waals surface area contributed by atoms with Crippen LogP contribution >= 0.6 is 11.3 Å². The molecule has 0 aromatic carbocycles. The van der Waals surface area contributed by atoms with Gasteiger partial charge in [-0.15, -0.1) is 11.3 Å². The Balaban J connectivity index is 2.13. The lowest BCUT2D eigenvalue weighted by Crippen LogP contribution is -2.34. The van der Waals surface area contributed by atoms with Crippen LogP contribution in [0.1, 0.15) is 28.6 Å². The number of carboxylic acid groups (broad SMARTS) is 1. The first-order chi connectivity index (χ1) is 8.98. The lowest BCUT2D eigenvalue weighted by Gasteiger charge is -2.20. The van der Waals surface area contributed by atoms with Gasteiger partial charge in [-0.3, -0.25) is 9.59 Å². The van der Waals surface area contributed by atoms with E-state index < -0.39 is 11.4 Å². The van der Waals surface area contributed by atoms with Crippen molar-refractivity contribution in [3.8, 4) is 0 Å². The molecule has 0 radical (unpaired) electrons. The van der Waals surface area contributed by atoms with Crippen molar-refractivity contribution in [3.63, 3.8) is 0 Å². The molecule has 1 aromatic heterocycles. The normalized spacial score (nSPS) is 22.7. The van der Waals surface area contributed by atoms with E-state index in [-0.39, 0.29) is 12.5 Å². The number of hydrogen-bond donors (Lipinski definition) is 1. The SMILES string of the molecule is COCc1ccsc1C(=O)N1CCC(C)(C(=O)O)C1. The highest BCUT2D eigenvalue weighted by Crippen LogP contribution is 2.32. The highest BCUT2D eigenvalue weighted by atomic mass is 32.1. The van der Waals surface area contributed by atoms with Gasteiger partial charge in [-0.25, -0.2) is 0 Å². The average Bonchev–Trinajstić information content (AvgIpc) is 2.97. The molecular weight excluding hydrogens is 266 g/mol. The number of aliphatic carboxylic acids is 1. The number of carboxylic acids is 1. The molecule has 0 aliphatic carbocycles. The van der Waals surface area contributed by atoms with Crippen molar-refractivity contribution >= 4 is 23.2 Å². The number of carbonyl (C=O) groups is 2. The lowest BCUT2D eigenvalue weighted by molar-refractivity contribution is -0.147. The van der Waals surface area contributed by atoms with Crippen LogP contribution in [0.5, 0.6) is 0 Å². The number of carbonyl (C=O) groups excluding carboxylic acids is 1. The molecule has 1 unspecified atom stereocenters. The fourth-order valence-corrected chi connectivity index (χ4v) is 3.12. The molecule has 2 heterocycles. The summed E-state index contributed by atoms with van der Waals surface area (Å²) < 4.78 is 5.06. The summed E-state index contributed by atoms with van der Waals surface area (Å²) in [4.78, 5) is 25.9. The number of likely N-dealkylation sites (tertiary alicyclic amines) is 1. The Kier molecular flexibility index (Phi) is 3.91. The van der Waals surface area contributed by atoms with Crippen molar-refractivity contribution in [3.05, 3.63) is 21.9 Å². The van der Waals surface area contributed by atoms with Crippen LogP contribution in [0, 0.1) is 5.41 Å². The zero-order chi connectivity index (χ0) is 14.0. The van der Waals surface area contributed by atoms with Gasteiger partial charge in [0, 0.05) is 25.8 Å². The van der Waals surface area contributed by atoms with E-state index in [9.17, 15) is 14.7 Å². The molecule has 1 aromatic rings. The monoisotopic (exact) mass is 283 g/mol. The van der Waals surface area contributed by atoms with Crippen molar-refractivity contribution in [2.24, 2.45) is 5.41 Å². The van der Waals surface area contributed by atoms with Crippen molar-refractivity contribution in [2.75, 3.05) is 20.2 Å². The quantitative estimate of drug-likeness (QED) is 0.915. The lowest BCUT2D eigenvalue weighted by atomic mass is 9.90. The van der Waals surface area contributed by atoms with Crippen LogP contribution in [0.25, 0.3) is 0 Å². The van der Waals surface area contributed by atoms with Crippen LogP contribution in [0.15, 0.2) is 11.4 Å². The Morgan fingerprint density at radius 2 is 2.32 bits per heavy atom. The zero-order valence-electron chi connectivity index (χ0n) is 11.0. The summed E-state index contributed by atoms with van der Waals surface area (Å²) in [5, 5.41) is 11.0. The predicted molar refractivity (Wildman–Crippen MR) is 71.3 cm³/mol. The van der Waals surface area contributed by atoms with Gasteiger partial charge in [0.1, 0.15) is 0 Å². The summed E-state index contributed by atoms with van der Waals surface area (Å²) in [7, 11) is 1.59. The fourth-order valence-electron chi connectivity index (χ4n) is 2.25. The maximum absolute atomic E-state index is 12.4. The third-order valence-electron chi connectivity index (χ3n) is 3.52. The third-order valence-corrected chi connectivity index (χ3v) is 4.46. The molecule has 1 aliphatic rings. The molecule has 0 saturated carbocycles. The van der Waals surface area contributed by atoms with E-state index in [1.807, 2.05) is 11.4 Å². The highest BCUT2D eigenvalue weighted by Gasteiger charge is 2.42. The van der Waals surface area contributed by atoms with Gasteiger partial charge < -0.3 is 14.7 Å². The highest BCUT2D eigenvalue weighted by molar-refractivity contribution is 7.12. The summed E-state index contributed by atoms with van der Waals surface area (Å²) in [5.74, 6) is -0.932. The van der Waals surface area contributed by atoms with Crippen LogP contribution in [-0.4, -0.2) is 42.1 Å². The molecule has 0 bridgehead atoms. The molecule has 1 N–H and O–H groups in total. The van der Waals surface area contributed by atoms with Gasteiger partial charge in [-0.05, 0) is 24.8 Å². The van der Waals surface area contributed by atoms with E-state index >= 15 is 0 Å². The minimum Gasteiger partial charge on any atom is -0.481 e. The van der Waals surface area contributed by atoms with E-state index in [2.05, 4.69) is 0 Å². The largest absolute Gasteiger partial charge is 0.481 e. The number of hydrogen-bond acceptors (Lipinski definition) is 4. The first kappa shape index (κ1) is 14.0. The minimum atomic E-state index is -0.842. The Bertz CT molecular complexity index is 499. The Morgan fingerprint density at radius 1 is 1.58 bits per heavy atom.